The topological polar surface area (TPSA) is 25.2 Å². The molecule has 0 spiro atoms. The van der Waals surface area contributed by atoms with E-state index in [2.05, 4.69) is 0 Å². The summed E-state index contributed by atoms with van der Waals surface area (Å²) in [7, 11) is 1.85. The Balaban J connectivity index is 1.77. The minimum absolute atomic E-state index is 0.0282. The molecule has 0 radical (unpaired) electrons. The van der Waals surface area contributed by atoms with Crippen LogP contribution in [0.2, 0.25) is 0 Å². The number of benzene rings is 2. The van der Waals surface area contributed by atoms with Gasteiger partial charge in [-0.25, -0.2) is 0 Å². The average Bonchev–Trinajstić information content (AvgIpc) is 3.15. The van der Waals surface area contributed by atoms with Gasteiger partial charge in [0.25, 0.3) is 5.91 Å². The Labute approximate surface area is 136 Å². The van der Waals surface area contributed by atoms with E-state index in [1.165, 1.54) is 0 Å². The maximum Gasteiger partial charge on any atom is 0.254 e. The van der Waals surface area contributed by atoms with E-state index in [1.54, 1.807) is 4.90 Å². The van der Waals surface area contributed by atoms with Gasteiger partial charge in [0.05, 0.1) is 6.04 Å². The fraction of sp³-hybridized carbons (Fsp3) is 0.150. The lowest BCUT2D eigenvalue weighted by atomic mass is 10.1. The van der Waals surface area contributed by atoms with Crippen LogP contribution in [0, 0.1) is 0 Å². The Bertz CT molecular complexity index is 761. The summed E-state index contributed by atoms with van der Waals surface area (Å²) in [5.41, 5.74) is 2.88. The second-order valence-corrected chi connectivity index (χ2v) is 5.64. The van der Waals surface area contributed by atoms with E-state index in [9.17, 15) is 4.79 Å². The number of hydrogen-bond acceptors (Lipinski definition) is 1. The molecule has 0 fully saturated rings. The number of carbonyl (C=O) groups excluding carboxylic acids is 1. The van der Waals surface area contributed by atoms with Crippen LogP contribution in [0.5, 0.6) is 0 Å². The zero-order valence-electron chi connectivity index (χ0n) is 13.4. The molecule has 3 aromatic rings. The summed E-state index contributed by atoms with van der Waals surface area (Å²) in [6.45, 7) is 2.04. The molecule has 0 unspecified atom stereocenters. The normalized spacial score (nSPS) is 11.9. The molecule has 3 heteroatoms. The number of rotatable bonds is 4. The second kappa shape index (κ2) is 6.53. The largest absolute Gasteiger partial charge is 0.335 e. The third kappa shape index (κ3) is 3.19. The Hall–Kier alpha value is -2.81. The van der Waals surface area contributed by atoms with Gasteiger partial charge in [0.2, 0.25) is 0 Å². The van der Waals surface area contributed by atoms with E-state index in [0.717, 1.165) is 11.3 Å². The van der Waals surface area contributed by atoms with E-state index in [4.69, 9.17) is 0 Å². The van der Waals surface area contributed by atoms with Gasteiger partial charge in [0.1, 0.15) is 0 Å². The third-order valence-electron chi connectivity index (χ3n) is 4.20. The molecule has 23 heavy (non-hydrogen) atoms. The highest BCUT2D eigenvalue weighted by Crippen LogP contribution is 2.21. The molecular weight excluding hydrogens is 284 g/mol. The van der Waals surface area contributed by atoms with Crippen molar-refractivity contribution >= 4 is 5.91 Å². The summed E-state index contributed by atoms with van der Waals surface area (Å²) in [6, 6.07) is 21.8. The maximum atomic E-state index is 12.7. The predicted molar refractivity (Wildman–Crippen MR) is 92.7 cm³/mol. The SMILES string of the molecule is C[C@H](c1ccccc1)N(C)C(=O)c1ccc(-n2cccc2)cc1. The minimum Gasteiger partial charge on any atom is -0.335 e. The van der Waals surface area contributed by atoms with Crippen LogP contribution in [0.1, 0.15) is 28.9 Å². The van der Waals surface area contributed by atoms with Crippen LogP contribution in [0.15, 0.2) is 79.1 Å². The van der Waals surface area contributed by atoms with Crippen molar-refractivity contribution in [2.24, 2.45) is 0 Å². The van der Waals surface area contributed by atoms with Crippen molar-refractivity contribution in [1.29, 1.82) is 0 Å². The molecule has 0 saturated carbocycles. The molecule has 0 bridgehead atoms. The lowest BCUT2D eigenvalue weighted by molar-refractivity contribution is 0.0742. The number of carbonyl (C=O) groups is 1. The Morgan fingerprint density at radius 3 is 2.13 bits per heavy atom. The first-order valence-corrected chi connectivity index (χ1v) is 7.72. The standard InChI is InChI=1S/C20H20N2O/c1-16(17-8-4-3-5-9-17)21(2)20(23)18-10-12-19(13-11-18)22-14-6-7-15-22/h3-16H,1-2H3/t16-/m1/s1. The van der Waals surface area contributed by atoms with Crippen molar-refractivity contribution in [3.05, 3.63) is 90.3 Å². The summed E-state index contributed by atoms with van der Waals surface area (Å²) in [4.78, 5) is 14.5. The quantitative estimate of drug-likeness (QED) is 0.705. The van der Waals surface area contributed by atoms with Crippen molar-refractivity contribution < 1.29 is 4.79 Å². The number of amides is 1. The molecule has 0 aliphatic rings. The van der Waals surface area contributed by atoms with Gasteiger partial charge in [-0.1, -0.05) is 30.3 Å². The summed E-state index contributed by atoms with van der Waals surface area (Å²) in [5.74, 6) is 0.0282. The van der Waals surface area contributed by atoms with Gasteiger partial charge in [-0.05, 0) is 48.9 Å². The average molecular weight is 304 g/mol. The van der Waals surface area contributed by atoms with Crippen molar-refractivity contribution in [2.75, 3.05) is 7.05 Å². The van der Waals surface area contributed by atoms with E-state index in [1.807, 2.05) is 97.7 Å². The van der Waals surface area contributed by atoms with E-state index < -0.39 is 0 Å². The summed E-state index contributed by atoms with van der Waals surface area (Å²) in [6.07, 6.45) is 3.97. The van der Waals surface area contributed by atoms with Gasteiger partial charge in [-0.15, -0.1) is 0 Å². The van der Waals surface area contributed by atoms with Crippen molar-refractivity contribution in [3.8, 4) is 5.69 Å². The van der Waals surface area contributed by atoms with Crippen LogP contribution in [-0.2, 0) is 0 Å². The summed E-state index contributed by atoms with van der Waals surface area (Å²) in [5, 5.41) is 0. The first-order chi connectivity index (χ1) is 11.2. The highest BCUT2D eigenvalue weighted by atomic mass is 16.2. The second-order valence-electron chi connectivity index (χ2n) is 5.64. The van der Waals surface area contributed by atoms with Gasteiger partial charge in [-0.2, -0.15) is 0 Å². The number of nitrogens with zero attached hydrogens (tertiary/aromatic N) is 2. The molecule has 1 heterocycles. The molecule has 0 saturated heterocycles. The predicted octanol–water partition coefficient (Wildman–Crippen LogP) is 4.31. The molecule has 1 atom stereocenters. The highest BCUT2D eigenvalue weighted by Gasteiger charge is 2.18. The van der Waals surface area contributed by atoms with Crippen LogP contribution in [-0.4, -0.2) is 22.4 Å². The Kier molecular flexibility index (Phi) is 4.29. The van der Waals surface area contributed by atoms with Gasteiger partial charge >= 0.3 is 0 Å². The molecule has 1 amide bonds. The van der Waals surface area contributed by atoms with E-state index in [-0.39, 0.29) is 11.9 Å². The van der Waals surface area contributed by atoms with E-state index in [0.29, 0.717) is 5.56 Å². The van der Waals surface area contributed by atoms with Crippen molar-refractivity contribution in [2.45, 2.75) is 13.0 Å². The summed E-state index contributed by atoms with van der Waals surface area (Å²) >= 11 is 0. The van der Waals surface area contributed by atoms with Crippen molar-refractivity contribution in [1.82, 2.24) is 9.47 Å². The van der Waals surface area contributed by atoms with Gasteiger partial charge < -0.3 is 9.47 Å². The highest BCUT2D eigenvalue weighted by molar-refractivity contribution is 5.94. The Morgan fingerprint density at radius 1 is 0.913 bits per heavy atom. The van der Waals surface area contributed by atoms with Gasteiger partial charge in [-0.3, -0.25) is 4.79 Å². The van der Waals surface area contributed by atoms with Gasteiger partial charge in [0, 0.05) is 30.7 Å². The third-order valence-corrected chi connectivity index (χ3v) is 4.20. The Morgan fingerprint density at radius 2 is 1.52 bits per heavy atom. The lowest BCUT2D eigenvalue weighted by Crippen LogP contribution is -2.29. The molecular formula is C20H20N2O. The fourth-order valence-electron chi connectivity index (χ4n) is 2.62. The van der Waals surface area contributed by atoms with Crippen LogP contribution in [0.4, 0.5) is 0 Å². The van der Waals surface area contributed by atoms with Crippen LogP contribution in [0.3, 0.4) is 0 Å². The molecule has 3 rings (SSSR count). The zero-order chi connectivity index (χ0) is 16.2. The van der Waals surface area contributed by atoms with Crippen LogP contribution < -0.4 is 0 Å². The van der Waals surface area contributed by atoms with E-state index >= 15 is 0 Å². The molecule has 0 aliphatic carbocycles. The summed E-state index contributed by atoms with van der Waals surface area (Å²) < 4.78 is 2.02. The monoisotopic (exact) mass is 304 g/mol. The molecule has 1 aromatic heterocycles. The van der Waals surface area contributed by atoms with Crippen molar-refractivity contribution in [3.63, 3.8) is 0 Å². The van der Waals surface area contributed by atoms with Crippen LogP contribution >= 0.6 is 0 Å². The fourth-order valence-corrected chi connectivity index (χ4v) is 2.62. The smallest absolute Gasteiger partial charge is 0.254 e. The minimum atomic E-state index is 0.0282. The first kappa shape index (κ1) is 15.1. The number of aromatic nitrogens is 1. The molecule has 3 nitrogen and oxygen atoms in total. The van der Waals surface area contributed by atoms with Gasteiger partial charge in [0.15, 0.2) is 0 Å². The zero-order valence-corrected chi connectivity index (χ0v) is 13.4. The molecule has 116 valence electrons. The molecule has 0 aliphatic heterocycles. The maximum absolute atomic E-state index is 12.7. The molecule has 0 N–H and O–H groups in total. The lowest BCUT2D eigenvalue weighted by Gasteiger charge is -2.25. The first-order valence-electron chi connectivity index (χ1n) is 7.72. The molecule has 2 aromatic carbocycles. The number of hydrogen-bond donors (Lipinski definition) is 0. The van der Waals surface area contributed by atoms with Crippen LogP contribution in [0.25, 0.3) is 5.69 Å².